The Morgan fingerprint density at radius 2 is 1.71 bits per heavy atom. The predicted octanol–water partition coefficient (Wildman–Crippen LogP) is 3.55. The summed E-state index contributed by atoms with van der Waals surface area (Å²) in [6.45, 7) is 9.05. The second-order valence-corrected chi connectivity index (χ2v) is 8.76. The van der Waals surface area contributed by atoms with Crippen LogP contribution >= 0.6 is 0 Å². The minimum absolute atomic E-state index is 0.117. The van der Waals surface area contributed by atoms with Crippen molar-refractivity contribution in [1.29, 1.82) is 0 Å². The van der Waals surface area contributed by atoms with E-state index >= 15 is 0 Å². The molecule has 1 N–H and O–H groups in total. The van der Waals surface area contributed by atoms with Gasteiger partial charge in [0, 0.05) is 31.7 Å². The van der Waals surface area contributed by atoms with Gasteiger partial charge in [-0.3, -0.25) is 5.43 Å². The molecule has 5 nitrogen and oxygen atoms in total. The number of amides is 1. The number of hydrogen-bond acceptors (Lipinski definition) is 4. The first-order valence-corrected chi connectivity index (χ1v) is 9.95. The lowest BCUT2D eigenvalue weighted by atomic mass is 9.92. The van der Waals surface area contributed by atoms with Gasteiger partial charge in [-0.05, 0) is 65.2 Å². The molecular formula is C19H35N3O2. The molecule has 138 valence electrons. The minimum Gasteiger partial charge on any atom is -0.444 e. The van der Waals surface area contributed by atoms with Crippen molar-refractivity contribution in [2.75, 3.05) is 19.6 Å². The van der Waals surface area contributed by atoms with Crippen LogP contribution in [-0.2, 0) is 4.74 Å². The third kappa shape index (κ3) is 4.42. The average Bonchev–Trinajstić information content (AvgIpc) is 3.14. The van der Waals surface area contributed by atoms with Gasteiger partial charge in [0.1, 0.15) is 5.60 Å². The SMILES string of the molecule is CC(C)(C)OC(=O)N1CCCC1C1CCCC1NN1CCCCC1. The van der Waals surface area contributed by atoms with Crippen LogP contribution in [0, 0.1) is 5.92 Å². The zero-order valence-corrected chi connectivity index (χ0v) is 15.7. The van der Waals surface area contributed by atoms with Crippen LogP contribution in [0.15, 0.2) is 0 Å². The third-order valence-corrected chi connectivity index (χ3v) is 5.70. The number of piperidine rings is 1. The molecule has 24 heavy (non-hydrogen) atoms. The van der Waals surface area contributed by atoms with Crippen LogP contribution in [-0.4, -0.2) is 53.3 Å². The van der Waals surface area contributed by atoms with E-state index in [-0.39, 0.29) is 6.09 Å². The number of nitrogens with zero attached hydrogens (tertiary/aromatic N) is 2. The maximum atomic E-state index is 12.6. The molecule has 1 aliphatic carbocycles. The third-order valence-electron chi connectivity index (χ3n) is 5.70. The van der Waals surface area contributed by atoms with Crippen LogP contribution in [0.4, 0.5) is 4.79 Å². The number of rotatable bonds is 3. The molecule has 3 atom stereocenters. The zero-order valence-electron chi connectivity index (χ0n) is 15.7. The zero-order chi connectivity index (χ0) is 17.2. The number of hydrogen-bond donors (Lipinski definition) is 1. The van der Waals surface area contributed by atoms with E-state index in [2.05, 4.69) is 10.4 Å². The quantitative estimate of drug-likeness (QED) is 0.855. The van der Waals surface area contributed by atoms with Crippen molar-refractivity contribution in [3.63, 3.8) is 0 Å². The molecule has 5 heteroatoms. The fourth-order valence-corrected chi connectivity index (χ4v) is 4.65. The lowest BCUT2D eigenvalue weighted by Gasteiger charge is -2.37. The van der Waals surface area contributed by atoms with Crippen LogP contribution in [0.25, 0.3) is 0 Å². The van der Waals surface area contributed by atoms with E-state index in [0.717, 1.165) is 19.4 Å². The number of likely N-dealkylation sites (tertiary alicyclic amines) is 1. The van der Waals surface area contributed by atoms with Gasteiger partial charge in [-0.25, -0.2) is 9.80 Å². The average molecular weight is 338 g/mol. The van der Waals surface area contributed by atoms with Crippen molar-refractivity contribution in [2.45, 2.75) is 89.8 Å². The summed E-state index contributed by atoms with van der Waals surface area (Å²) in [6.07, 6.45) is 9.83. The highest BCUT2D eigenvalue weighted by Crippen LogP contribution is 2.36. The van der Waals surface area contributed by atoms with Gasteiger partial charge in [-0.2, -0.15) is 0 Å². The highest BCUT2D eigenvalue weighted by Gasteiger charge is 2.42. The Hall–Kier alpha value is -0.810. The first-order valence-electron chi connectivity index (χ1n) is 9.95. The van der Waals surface area contributed by atoms with Crippen LogP contribution in [0.5, 0.6) is 0 Å². The monoisotopic (exact) mass is 337 g/mol. The second-order valence-electron chi connectivity index (χ2n) is 8.76. The van der Waals surface area contributed by atoms with E-state index in [4.69, 9.17) is 4.74 Å². The normalized spacial score (nSPS) is 32.3. The topological polar surface area (TPSA) is 44.8 Å². The number of carbonyl (C=O) groups excluding carboxylic acids is 1. The van der Waals surface area contributed by atoms with Crippen molar-refractivity contribution < 1.29 is 9.53 Å². The molecule has 2 heterocycles. The van der Waals surface area contributed by atoms with E-state index in [1.54, 1.807) is 0 Å². The molecule has 0 spiro atoms. The number of hydrazine groups is 1. The van der Waals surface area contributed by atoms with Crippen molar-refractivity contribution >= 4 is 6.09 Å². The van der Waals surface area contributed by atoms with E-state index in [1.165, 1.54) is 51.6 Å². The van der Waals surface area contributed by atoms with E-state index in [1.807, 2.05) is 25.7 Å². The Labute approximate surface area is 147 Å². The van der Waals surface area contributed by atoms with Crippen LogP contribution < -0.4 is 5.43 Å². The molecule has 2 aliphatic heterocycles. The van der Waals surface area contributed by atoms with Gasteiger partial charge in [0.15, 0.2) is 0 Å². The number of carbonyl (C=O) groups is 1. The molecule has 0 aromatic carbocycles. The smallest absolute Gasteiger partial charge is 0.410 e. The fraction of sp³-hybridized carbons (Fsp3) is 0.947. The molecule has 3 fully saturated rings. The summed E-state index contributed by atoms with van der Waals surface area (Å²) in [6, 6.07) is 0.876. The van der Waals surface area contributed by atoms with Gasteiger partial charge in [-0.1, -0.05) is 12.8 Å². The van der Waals surface area contributed by atoms with Gasteiger partial charge in [0.05, 0.1) is 0 Å². The van der Waals surface area contributed by atoms with Crippen LogP contribution in [0.3, 0.4) is 0 Å². The Morgan fingerprint density at radius 3 is 2.42 bits per heavy atom. The first-order chi connectivity index (χ1) is 11.4. The molecule has 1 amide bonds. The maximum absolute atomic E-state index is 12.6. The summed E-state index contributed by atoms with van der Waals surface area (Å²) in [7, 11) is 0. The molecule has 3 aliphatic rings. The summed E-state index contributed by atoms with van der Waals surface area (Å²) in [4.78, 5) is 14.6. The Bertz CT molecular complexity index is 429. The van der Waals surface area contributed by atoms with Crippen LogP contribution in [0.2, 0.25) is 0 Å². The number of ether oxygens (including phenoxy) is 1. The molecule has 1 saturated carbocycles. The second kappa shape index (κ2) is 7.61. The molecule has 3 unspecified atom stereocenters. The predicted molar refractivity (Wildman–Crippen MR) is 95.7 cm³/mol. The van der Waals surface area contributed by atoms with Crippen molar-refractivity contribution in [1.82, 2.24) is 15.3 Å². The molecule has 2 saturated heterocycles. The molecule has 0 bridgehead atoms. The van der Waals surface area contributed by atoms with Gasteiger partial charge in [-0.15, -0.1) is 0 Å². The highest BCUT2D eigenvalue weighted by molar-refractivity contribution is 5.69. The van der Waals surface area contributed by atoms with E-state index in [9.17, 15) is 4.79 Å². The van der Waals surface area contributed by atoms with E-state index < -0.39 is 5.60 Å². The van der Waals surface area contributed by atoms with Crippen molar-refractivity contribution in [3.05, 3.63) is 0 Å². The lowest BCUT2D eigenvalue weighted by molar-refractivity contribution is 0.0140. The van der Waals surface area contributed by atoms with Crippen LogP contribution in [0.1, 0.15) is 72.1 Å². The first kappa shape index (κ1) is 18.0. The summed E-state index contributed by atoms with van der Waals surface area (Å²) >= 11 is 0. The standard InChI is InChI=1S/C19H35N3O2/c1-19(2,3)24-18(23)22-14-8-11-17(22)15-9-7-10-16(15)20-21-12-5-4-6-13-21/h15-17,20H,4-14H2,1-3H3. The van der Waals surface area contributed by atoms with E-state index in [0.29, 0.717) is 18.0 Å². The number of nitrogens with one attached hydrogen (secondary N) is 1. The Balaban J connectivity index is 1.61. The summed E-state index contributed by atoms with van der Waals surface area (Å²) < 4.78 is 5.65. The van der Waals surface area contributed by atoms with Gasteiger partial charge >= 0.3 is 6.09 Å². The summed E-state index contributed by atoms with van der Waals surface area (Å²) in [5.41, 5.74) is 3.40. The summed E-state index contributed by atoms with van der Waals surface area (Å²) in [5, 5.41) is 2.43. The molecule has 3 rings (SSSR count). The highest BCUT2D eigenvalue weighted by atomic mass is 16.6. The maximum Gasteiger partial charge on any atom is 0.410 e. The Kier molecular flexibility index (Phi) is 5.70. The van der Waals surface area contributed by atoms with Crippen molar-refractivity contribution in [3.8, 4) is 0 Å². The van der Waals surface area contributed by atoms with Gasteiger partial charge < -0.3 is 9.64 Å². The van der Waals surface area contributed by atoms with Gasteiger partial charge in [0.25, 0.3) is 0 Å². The molecule has 0 aromatic heterocycles. The largest absolute Gasteiger partial charge is 0.444 e. The fourth-order valence-electron chi connectivity index (χ4n) is 4.65. The lowest BCUT2D eigenvalue weighted by Crippen LogP contribution is -2.53. The molecular weight excluding hydrogens is 302 g/mol. The minimum atomic E-state index is -0.411. The molecule has 0 radical (unpaired) electrons. The Morgan fingerprint density at radius 1 is 0.958 bits per heavy atom. The molecule has 0 aromatic rings. The van der Waals surface area contributed by atoms with Gasteiger partial charge in [0.2, 0.25) is 0 Å². The summed E-state index contributed by atoms with van der Waals surface area (Å²) in [5.74, 6) is 0.571. The van der Waals surface area contributed by atoms with Crippen molar-refractivity contribution in [2.24, 2.45) is 5.92 Å².